The summed E-state index contributed by atoms with van der Waals surface area (Å²) in [6, 6.07) is 12.8. The maximum Gasteiger partial charge on any atom is 0.0546 e. The van der Waals surface area contributed by atoms with Crippen LogP contribution in [0.15, 0.2) is 48.8 Å². The maximum absolute atomic E-state index is 3.38. The lowest BCUT2D eigenvalue weighted by Crippen LogP contribution is -2.43. The molecule has 1 aromatic heterocycles. The zero-order valence-corrected chi connectivity index (χ0v) is 13.0. The van der Waals surface area contributed by atoms with Gasteiger partial charge < -0.3 is 14.8 Å². The fourth-order valence-corrected chi connectivity index (χ4v) is 2.43. The van der Waals surface area contributed by atoms with Crippen LogP contribution in [-0.4, -0.2) is 30.7 Å². The summed E-state index contributed by atoms with van der Waals surface area (Å²) < 4.78 is 2.26. The van der Waals surface area contributed by atoms with Crippen LogP contribution in [0.1, 0.15) is 5.56 Å². The van der Waals surface area contributed by atoms with Gasteiger partial charge in [0.2, 0.25) is 0 Å². The van der Waals surface area contributed by atoms with Crippen molar-refractivity contribution in [3.05, 3.63) is 54.4 Å². The minimum Gasteiger partial charge on any atom is -0.368 e. The van der Waals surface area contributed by atoms with E-state index in [-0.39, 0.29) is 24.8 Å². The molecule has 0 spiro atoms. The average Bonchev–Trinajstić information content (AvgIpc) is 2.89. The van der Waals surface area contributed by atoms with E-state index in [4.69, 9.17) is 0 Å². The van der Waals surface area contributed by atoms with E-state index in [1.165, 1.54) is 11.3 Å². The lowest BCUT2D eigenvalue weighted by atomic mass is 10.2. The molecule has 110 valence electrons. The fourth-order valence-electron chi connectivity index (χ4n) is 2.43. The predicted octanol–water partition coefficient (Wildman–Crippen LogP) is 2.79. The molecule has 1 fully saturated rings. The number of hydrogen-bond acceptors (Lipinski definition) is 2. The van der Waals surface area contributed by atoms with Gasteiger partial charge in [0.05, 0.1) is 5.69 Å². The van der Waals surface area contributed by atoms with E-state index in [0.29, 0.717) is 0 Å². The van der Waals surface area contributed by atoms with Crippen LogP contribution < -0.4 is 10.2 Å². The van der Waals surface area contributed by atoms with Crippen LogP contribution in [0.3, 0.4) is 0 Å². The third kappa shape index (κ3) is 4.17. The largest absolute Gasteiger partial charge is 0.368 e. The summed E-state index contributed by atoms with van der Waals surface area (Å²) in [7, 11) is 0. The van der Waals surface area contributed by atoms with Crippen LogP contribution in [0.4, 0.5) is 5.69 Å². The van der Waals surface area contributed by atoms with Crippen molar-refractivity contribution in [1.29, 1.82) is 0 Å². The van der Waals surface area contributed by atoms with Crippen molar-refractivity contribution < 1.29 is 0 Å². The molecule has 0 radical (unpaired) electrons. The Morgan fingerprint density at radius 2 is 1.65 bits per heavy atom. The van der Waals surface area contributed by atoms with Gasteiger partial charge in [0, 0.05) is 45.1 Å². The molecule has 2 aromatic rings. The number of nitrogens with one attached hydrogen (secondary N) is 1. The number of nitrogens with zero attached hydrogens (tertiary/aromatic N) is 2. The lowest BCUT2D eigenvalue weighted by Gasteiger charge is -2.28. The summed E-state index contributed by atoms with van der Waals surface area (Å²) in [4.78, 5) is 2.44. The predicted molar refractivity (Wildman–Crippen MR) is 89.6 cm³/mol. The van der Waals surface area contributed by atoms with E-state index in [9.17, 15) is 0 Å². The Kier molecular flexibility index (Phi) is 6.93. The third-order valence-electron chi connectivity index (χ3n) is 3.42. The molecule has 0 amide bonds. The lowest BCUT2D eigenvalue weighted by molar-refractivity contribution is 0.589. The highest BCUT2D eigenvalue weighted by Crippen LogP contribution is 2.16. The third-order valence-corrected chi connectivity index (χ3v) is 3.42. The standard InChI is InChI=1S/C15H19N3.2ClH/c1-2-4-14(5-3-1)12-17-9-6-15(13-17)18-10-7-16-8-11-18;;/h1-6,9,13,16H,7-8,10-12H2;2*1H. The highest BCUT2D eigenvalue weighted by atomic mass is 35.5. The molecular formula is C15H21Cl2N3. The zero-order valence-electron chi connectivity index (χ0n) is 11.4. The van der Waals surface area contributed by atoms with Crippen molar-refractivity contribution in [3.8, 4) is 0 Å². The van der Waals surface area contributed by atoms with E-state index < -0.39 is 0 Å². The van der Waals surface area contributed by atoms with Gasteiger partial charge in [-0.15, -0.1) is 24.8 Å². The summed E-state index contributed by atoms with van der Waals surface area (Å²) in [6.07, 6.45) is 4.42. The Labute approximate surface area is 132 Å². The van der Waals surface area contributed by atoms with Crippen LogP contribution in [0.2, 0.25) is 0 Å². The van der Waals surface area contributed by atoms with Gasteiger partial charge in [0.25, 0.3) is 0 Å². The van der Waals surface area contributed by atoms with E-state index >= 15 is 0 Å². The first-order valence-corrected chi connectivity index (χ1v) is 6.57. The van der Waals surface area contributed by atoms with Gasteiger partial charge in [-0.3, -0.25) is 0 Å². The van der Waals surface area contributed by atoms with E-state index in [1.807, 2.05) is 0 Å². The molecule has 0 atom stereocenters. The quantitative estimate of drug-likeness (QED) is 0.940. The van der Waals surface area contributed by atoms with Gasteiger partial charge in [-0.25, -0.2) is 0 Å². The Bertz CT molecular complexity index is 493. The molecule has 1 saturated heterocycles. The molecular weight excluding hydrogens is 293 g/mol. The van der Waals surface area contributed by atoms with Gasteiger partial charge >= 0.3 is 0 Å². The van der Waals surface area contributed by atoms with Gasteiger partial charge in [-0.1, -0.05) is 30.3 Å². The highest BCUT2D eigenvalue weighted by Gasteiger charge is 2.11. The summed E-state index contributed by atoms with van der Waals surface area (Å²) in [6.45, 7) is 5.34. The van der Waals surface area contributed by atoms with Gasteiger partial charge in [0.15, 0.2) is 0 Å². The molecule has 1 N–H and O–H groups in total. The number of halogens is 2. The summed E-state index contributed by atoms with van der Waals surface area (Å²) >= 11 is 0. The number of rotatable bonds is 3. The zero-order chi connectivity index (χ0) is 12.2. The topological polar surface area (TPSA) is 20.2 Å². The normalized spacial score (nSPS) is 14.3. The second kappa shape index (κ2) is 8.20. The van der Waals surface area contributed by atoms with E-state index in [1.54, 1.807) is 0 Å². The van der Waals surface area contributed by atoms with Crippen LogP contribution >= 0.6 is 24.8 Å². The van der Waals surface area contributed by atoms with Crippen molar-refractivity contribution >= 4 is 30.5 Å². The van der Waals surface area contributed by atoms with E-state index in [2.05, 4.69) is 63.6 Å². The van der Waals surface area contributed by atoms with E-state index in [0.717, 1.165) is 32.7 Å². The van der Waals surface area contributed by atoms with Crippen LogP contribution in [0, 0.1) is 0 Å². The fraction of sp³-hybridized carbons (Fsp3) is 0.333. The first kappa shape index (κ1) is 16.9. The Morgan fingerprint density at radius 1 is 0.950 bits per heavy atom. The van der Waals surface area contributed by atoms with Crippen molar-refractivity contribution in [3.63, 3.8) is 0 Å². The summed E-state index contributed by atoms with van der Waals surface area (Å²) in [5, 5.41) is 3.38. The van der Waals surface area contributed by atoms with Crippen molar-refractivity contribution in [2.24, 2.45) is 0 Å². The number of anilines is 1. The molecule has 0 bridgehead atoms. The second-order valence-corrected chi connectivity index (χ2v) is 4.76. The SMILES string of the molecule is Cl.Cl.c1ccc(Cn2ccc(N3CCNCC3)c2)cc1. The molecule has 1 aliphatic rings. The summed E-state index contributed by atoms with van der Waals surface area (Å²) in [5.41, 5.74) is 2.69. The molecule has 3 rings (SSSR count). The molecule has 0 unspecified atom stereocenters. The van der Waals surface area contributed by atoms with Crippen LogP contribution in [0.5, 0.6) is 0 Å². The number of hydrogen-bond donors (Lipinski definition) is 1. The van der Waals surface area contributed by atoms with Crippen LogP contribution in [0.25, 0.3) is 0 Å². The number of benzene rings is 1. The molecule has 0 saturated carbocycles. The molecule has 20 heavy (non-hydrogen) atoms. The smallest absolute Gasteiger partial charge is 0.0546 e. The van der Waals surface area contributed by atoms with Crippen molar-refractivity contribution in [2.45, 2.75) is 6.54 Å². The maximum atomic E-state index is 3.38. The van der Waals surface area contributed by atoms with Gasteiger partial charge in [-0.05, 0) is 11.6 Å². The Hall–Kier alpha value is -1.16. The minimum atomic E-state index is 0. The molecule has 1 aliphatic heterocycles. The number of aromatic nitrogens is 1. The van der Waals surface area contributed by atoms with Crippen molar-refractivity contribution in [2.75, 3.05) is 31.1 Å². The Morgan fingerprint density at radius 3 is 2.35 bits per heavy atom. The number of piperazine rings is 1. The van der Waals surface area contributed by atoms with Crippen molar-refractivity contribution in [1.82, 2.24) is 9.88 Å². The monoisotopic (exact) mass is 313 g/mol. The first-order valence-electron chi connectivity index (χ1n) is 6.57. The minimum absolute atomic E-state index is 0. The van der Waals surface area contributed by atoms with Gasteiger partial charge in [0.1, 0.15) is 0 Å². The Balaban J connectivity index is 0.000001000. The second-order valence-electron chi connectivity index (χ2n) is 4.76. The molecule has 0 aliphatic carbocycles. The summed E-state index contributed by atoms with van der Waals surface area (Å²) in [5.74, 6) is 0. The van der Waals surface area contributed by atoms with Gasteiger partial charge in [-0.2, -0.15) is 0 Å². The highest BCUT2D eigenvalue weighted by molar-refractivity contribution is 5.85. The molecule has 1 aromatic carbocycles. The first-order chi connectivity index (χ1) is 8.92. The molecule has 2 heterocycles. The molecule has 3 nitrogen and oxygen atoms in total. The molecule has 5 heteroatoms. The average molecular weight is 314 g/mol. The van der Waals surface area contributed by atoms with Crippen LogP contribution in [-0.2, 0) is 6.54 Å².